The molecule has 0 aliphatic carbocycles. The van der Waals surface area contributed by atoms with Crippen molar-refractivity contribution in [3.8, 4) is 0 Å². The molecule has 1 heterocycles. The molecule has 0 atom stereocenters. The highest BCUT2D eigenvalue weighted by atomic mass is 35.5. The molecule has 0 aliphatic rings. The quantitative estimate of drug-likeness (QED) is 0.379. The molecule has 32 heavy (non-hydrogen) atoms. The molecule has 9 heteroatoms. The van der Waals surface area contributed by atoms with E-state index in [9.17, 15) is 13.2 Å². The number of hydrogen-bond acceptors (Lipinski definition) is 5. The molecule has 0 bridgehead atoms. The Labute approximate surface area is 195 Å². The summed E-state index contributed by atoms with van der Waals surface area (Å²) in [6, 6.07) is 20.8. The molecule has 1 N–H and O–H groups in total. The highest BCUT2D eigenvalue weighted by Crippen LogP contribution is 2.31. The van der Waals surface area contributed by atoms with Crippen LogP contribution in [0.5, 0.6) is 0 Å². The van der Waals surface area contributed by atoms with E-state index in [0.717, 1.165) is 10.3 Å². The fraction of sp³-hybridized carbons (Fsp3) is 0.130. The molecule has 3 aromatic carbocycles. The third kappa shape index (κ3) is 4.68. The first-order chi connectivity index (χ1) is 15.4. The minimum Gasteiger partial charge on any atom is -0.298 e. The van der Waals surface area contributed by atoms with E-state index in [-0.39, 0.29) is 17.3 Å². The van der Waals surface area contributed by atoms with E-state index in [1.165, 1.54) is 39.9 Å². The van der Waals surface area contributed by atoms with Crippen LogP contribution in [0.1, 0.15) is 22.8 Å². The lowest BCUT2D eigenvalue weighted by Gasteiger charge is -2.20. The van der Waals surface area contributed by atoms with Crippen LogP contribution in [0.25, 0.3) is 10.2 Å². The topological polar surface area (TPSA) is 79.4 Å². The number of carbonyl (C=O) groups is 1. The second-order valence-electron chi connectivity index (χ2n) is 7.00. The van der Waals surface area contributed by atoms with Crippen molar-refractivity contribution in [2.24, 2.45) is 0 Å². The molecule has 164 valence electrons. The zero-order valence-corrected chi connectivity index (χ0v) is 19.5. The lowest BCUT2D eigenvalue weighted by atomic mass is 10.2. The van der Waals surface area contributed by atoms with Crippen LogP contribution in [0.15, 0.2) is 77.7 Å². The fourth-order valence-electron chi connectivity index (χ4n) is 3.22. The number of para-hydroxylation sites is 1. The van der Waals surface area contributed by atoms with Gasteiger partial charge >= 0.3 is 0 Å². The van der Waals surface area contributed by atoms with Gasteiger partial charge in [-0.15, -0.1) is 0 Å². The zero-order valence-electron chi connectivity index (χ0n) is 17.2. The lowest BCUT2D eigenvalue weighted by molar-refractivity contribution is 0.102. The van der Waals surface area contributed by atoms with Gasteiger partial charge in [0.25, 0.3) is 5.91 Å². The van der Waals surface area contributed by atoms with Crippen LogP contribution in [0, 0.1) is 0 Å². The molecule has 0 saturated carbocycles. The molecule has 0 spiro atoms. The third-order valence-corrected chi connectivity index (χ3v) is 8.08. The van der Waals surface area contributed by atoms with Crippen LogP contribution < -0.4 is 5.32 Å². The van der Waals surface area contributed by atoms with E-state index in [2.05, 4.69) is 10.3 Å². The molecular formula is C23H20ClN3O3S2. The number of amides is 1. The second kappa shape index (κ2) is 9.38. The Bertz CT molecular complexity index is 1350. The van der Waals surface area contributed by atoms with E-state index < -0.39 is 10.0 Å². The van der Waals surface area contributed by atoms with Crippen molar-refractivity contribution in [1.82, 2.24) is 9.29 Å². The van der Waals surface area contributed by atoms with E-state index in [1.54, 1.807) is 13.0 Å². The van der Waals surface area contributed by atoms with Crippen molar-refractivity contribution in [2.45, 2.75) is 18.4 Å². The molecule has 1 aromatic heterocycles. The summed E-state index contributed by atoms with van der Waals surface area (Å²) in [5.74, 6) is -0.374. The number of aromatic nitrogens is 1. The maximum absolute atomic E-state index is 13.1. The summed E-state index contributed by atoms with van der Waals surface area (Å²) >= 11 is 7.46. The minimum atomic E-state index is -3.70. The average molecular weight is 486 g/mol. The molecule has 1 amide bonds. The van der Waals surface area contributed by atoms with Crippen LogP contribution in [0.4, 0.5) is 5.13 Å². The number of benzene rings is 3. The number of nitrogens with one attached hydrogen (secondary N) is 1. The van der Waals surface area contributed by atoms with Gasteiger partial charge in [0.05, 0.1) is 14.6 Å². The Balaban J connectivity index is 1.50. The largest absolute Gasteiger partial charge is 0.298 e. The summed E-state index contributed by atoms with van der Waals surface area (Å²) in [4.78, 5) is 17.1. The van der Waals surface area contributed by atoms with Gasteiger partial charge in [0.2, 0.25) is 10.0 Å². The van der Waals surface area contributed by atoms with Crippen molar-refractivity contribution >= 4 is 54.2 Å². The number of fused-ring (bicyclic) bond motifs is 1. The molecule has 0 unspecified atom stereocenters. The van der Waals surface area contributed by atoms with Crippen LogP contribution in [0.2, 0.25) is 5.02 Å². The molecule has 4 rings (SSSR count). The minimum absolute atomic E-state index is 0.138. The number of nitrogens with zero attached hydrogens (tertiary/aromatic N) is 2. The fourth-order valence-corrected chi connectivity index (χ4v) is 5.82. The predicted octanol–water partition coefficient (Wildman–Crippen LogP) is 5.41. The number of rotatable bonds is 7. The summed E-state index contributed by atoms with van der Waals surface area (Å²) in [5, 5.41) is 3.69. The first kappa shape index (κ1) is 22.4. The Kier molecular flexibility index (Phi) is 6.57. The molecule has 0 aliphatic heterocycles. The smallest absolute Gasteiger partial charge is 0.257 e. The molecule has 4 aromatic rings. The Hall–Kier alpha value is -2.78. The van der Waals surface area contributed by atoms with Crippen LogP contribution >= 0.6 is 22.9 Å². The molecule has 0 radical (unpaired) electrons. The summed E-state index contributed by atoms with van der Waals surface area (Å²) in [7, 11) is -3.70. The Morgan fingerprint density at radius 1 is 1.03 bits per heavy atom. The maximum Gasteiger partial charge on any atom is 0.257 e. The van der Waals surface area contributed by atoms with Crippen LogP contribution in [-0.4, -0.2) is 30.2 Å². The van der Waals surface area contributed by atoms with Crippen LogP contribution in [-0.2, 0) is 16.6 Å². The van der Waals surface area contributed by atoms with Gasteiger partial charge in [-0.2, -0.15) is 4.31 Å². The normalized spacial score (nSPS) is 11.7. The number of halogens is 1. The standard InChI is InChI=1S/C23H20ClN3O3S2/c1-2-27(15-16-7-4-3-5-8-16)32(29,30)18-13-11-17(12-14-18)22(28)26-23-25-21-19(24)9-6-10-20(21)31-23/h3-14H,2,15H2,1H3,(H,25,26,28). The highest BCUT2D eigenvalue weighted by Gasteiger charge is 2.23. The number of hydrogen-bond donors (Lipinski definition) is 1. The maximum atomic E-state index is 13.1. The summed E-state index contributed by atoms with van der Waals surface area (Å²) < 4.78 is 28.4. The van der Waals surface area contributed by atoms with Crippen molar-refractivity contribution < 1.29 is 13.2 Å². The number of sulfonamides is 1. The summed E-state index contributed by atoms with van der Waals surface area (Å²) in [6.07, 6.45) is 0. The first-order valence-corrected chi connectivity index (χ1v) is 12.5. The number of thiazole rings is 1. The van der Waals surface area contributed by atoms with E-state index in [4.69, 9.17) is 11.6 Å². The second-order valence-corrected chi connectivity index (χ2v) is 10.4. The SMILES string of the molecule is CCN(Cc1ccccc1)S(=O)(=O)c1ccc(C(=O)Nc2nc3c(Cl)cccc3s2)cc1. The number of anilines is 1. The van der Waals surface area contributed by atoms with E-state index in [0.29, 0.717) is 27.8 Å². The molecular weight excluding hydrogens is 466 g/mol. The first-order valence-electron chi connectivity index (χ1n) is 9.89. The van der Waals surface area contributed by atoms with Gasteiger partial charge in [0.1, 0.15) is 5.52 Å². The van der Waals surface area contributed by atoms with Crippen molar-refractivity contribution in [3.63, 3.8) is 0 Å². The lowest BCUT2D eigenvalue weighted by Crippen LogP contribution is -2.30. The van der Waals surface area contributed by atoms with E-state index in [1.807, 2.05) is 42.5 Å². The summed E-state index contributed by atoms with van der Waals surface area (Å²) in [6.45, 7) is 2.41. The van der Waals surface area contributed by atoms with E-state index >= 15 is 0 Å². The van der Waals surface area contributed by atoms with Crippen molar-refractivity contribution in [1.29, 1.82) is 0 Å². The summed E-state index contributed by atoms with van der Waals surface area (Å²) in [5.41, 5.74) is 1.87. The van der Waals surface area contributed by atoms with Gasteiger partial charge in [0, 0.05) is 18.7 Å². The zero-order chi connectivity index (χ0) is 22.7. The highest BCUT2D eigenvalue weighted by molar-refractivity contribution is 7.89. The average Bonchev–Trinajstić information content (AvgIpc) is 3.22. The van der Waals surface area contributed by atoms with Gasteiger partial charge in [-0.25, -0.2) is 13.4 Å². The molecule has 0 saturated heterocycles. The van der Waals surface area contributed by atoms with Crippen LogP contribution in [0.3, 0.4) is 0 Å². The van der Waals surface area contributed by atoms with Gasteiger partial charge in [-0.05, 0) is 42.0 Å². The molecule has 0 fully saturated rings. The third-order valence-electron chi connectivity index (χ3n) is 4.90. The number of carbonyl (C=O) groups excluding carboxylic acids is 1. The van der Waals surface area contributed by atoms with Crippen molar-refractivity contribution in [2.75, 3.05) is 11.9 Å². The monoisotopic (exact) mass is 485 g/mol. The Morgan fingerprint density at radius 2 is 1.75 bits per heavy atom. The predicted molar refractivity (Wildman–Crippen MR) is 129 cm³/mol. The van der Waals surface area contributed by atoms with Gasteiger partial charge in [0.15, 0.2) is 5.13 Å². The Morgan fingerprint density at radius 3 is 2.41 bits per heavy atom. The molecule has 6 nitrogen and oxygen atoms in total. The van der Waals surface area contributed by atoms with Gasteiger partial charge in [-0.1, -0.05) is 66.3 Å². The van der Waals surface area contributed by atoms with Gasteiger partial charge in [-0.3, -0.25) is 10.1 Å². The van der Waals surface area contributed by atoms with Crippen molar-refractivity contribution in [3.05, 3.63) is 88.9 Å². The van der Waals surface area contributed by atoms with Gasteiger partial charge < -0.3 is 0 Å².